The van der Waals surface area contributed by atoms with E-state index in [-0.39, 0.29) is 5.91 Å². The fourth-order valence-corrected chi connectivity index (χ4v) is 2.53. The molecule has 0 aliphatic carbocycles. The quantitative estimate of drug-likeness (QED) is 0.921. The maximum absolute atomic E-state index is 11.7. The fourth-order valence-electron chi connectivity index (χ4n) is 1.59. The molecule has 2 aromatic rings. The van der Waals surface area contributed by atoms with E-state index in [0.717, 1.165) is 10.4 Å². The van der Waals surface area contributed by atoms with Gasteiger partial charge in [0.1, 0.15) is 0 Å². The van der Waals surface area contributed by atoms with Gasteiger partial charge in [-0.2, -0.15) is 0 Å². The van der Waals surface area contributed by atoms with E-state index in [9.17, 15) is 4.79 Å². The normalized spacial score (nSPS) is 10.1. The molecule has 2 aromatic heterocycles. The van der Waals surface area contributed by atoms with E-state index < -0.39 is 0 Å². The predicted molar refractivity (Wildman–Crippen MR) is 72.1 cm³/mol. The fraction of sp³-hybridized carbons (Fsp3) is 0.231. The van der Waals surface area contributed by atoms with Crippen LogP contribution in [-0.4, -0.2) is 24.5 Å². The lowest BCUT2D eigenvalue weighted by Crippen LogP contribution is -2.21. The van der Waals surface area contributed by atoms with Crippen LogP contribution in [0.4, 0.5) is 0 Å². The van der Waals surface area contributed by atoms with Crippen molar-refractivity contribution >= 4 is 17.2 Å². The number of aromatic nitrogens is 1. The molecular formula is C13H14N2O2S. The van der Waals surface area contributed by atoms with Crippen molar-refractivity contribution in [2.24, 2.45) is 0 Å². The lowest BCUT2D eigenvalue weighted by atomic mass is 10.2. The van der Waals surface area contributed by atoms with Crippen LogP contribution >= 0.6 is 11.3 Å². The molecule has 0 unspecified atom stereocenters. The number of rotatable bonds is 4. The zero-order chi connectivity index (χ0) is 13.0. The largest absolute Gasteiger partial charge is 0.481 e. The smallest absolute Gasteiger partial charge is 0.261 e. The summed E-state index contributed by atoms with van der Waals surface area (Å²) in [7, 11) is 1.59. The summed E-state index contributed by atoms with van der Waals surface area (Å²) < 4.78 is 5.21. The number of amides is 1. The second-order valence-corrected chi connectivity index (χ2v) is 4.67. The van der Waals surface area contributed by atoms with Gasteiger partial charge < -0.3 is 10.1 Å². The topological polar surface area (TPSA) is 51.2 Å². The minimum Gasteiger partial charge on any atom is -0.481 e. The number of hydrogen-bond acceptors (Lipinski definition) is 4. The number of ether oxygens (including phenoxy) is 1. The van der Waals surface area contributed by atoms with Crippen molar-refractivity contribution in [3.05, 3.63) is 35.3 Å². The van der Waals surface area contributed by atoms with Crippen LogP contribution in [0.25, 0.3) is 10.4 Å². The van der Waals surface area contributed by atoms with Gasteiger partial charge in [-0.25, -0.2) is 4.98 Å². The molecule has 0 saturated heterocycles. The Hall–Kier alpha value is -1.88. The maximum Gasteiger partial charge on any atom is 0.261 e. The first-order valence-electron chi connectivity index (χ1n) is 5.63. The van der Waals surface area contributed by atoms with Gasteiger partial charge in [0.25, 0.3) is 5.91 Å². The van der Waals surface area contributed by atoms with Crippen LogP contribution in [0.3, 0.4) is 0 Å². The molecule has 0 aliphatic rings. The van der Waals surface area contributed by atoms with Crippen LogP contribution in [0.1, 0.15) is 16.6 Å². The molecule has 18 heavy (non-hydrogen) atoms. The summed E-state index contributed by atoms with van der Waals surface area (Å²) in [5, 5.41) is 2.78. The Morgan fingerprint density at radius 2 is 2.28 bits per heavy atom. The molecular weight excluding hydrogens is 248 g/mol. The number of methoxy groups -OCH3 is 1. The van der Waals surface area contributed by atoms with E-state index in [0.29, 0.717) is 17.3 Å². The van der Waals surface area contributed by atoms with Crippen molar-refractivity contribution in [3.63, 3.8) is 0 Å². The van der Waals surface area contributed by atoms with Gasteiger partial charge in [0.15, 0.2) is 0 Å². The van der Waals surface area contributed by atoms with E-state index in [2.05, 4.69) is 10.3 Å². The molecule has 0 saturated carbocycles. The van der Waals surface area contributed by atoms with Crippen LogP contribution in [0.15, 0.2) is 30.5 Å². The average Bonchev–Trinajstić information content (AvgIpc) is 2.88. The minimum absolute atomic E-state index is 0.0448. The zero-order valence-electron chi connectivity index (χ0n) is 10.3. The Labute approximate surface area is 110 Å². The van der Waals surface area contributed by atoms with E-state index >= 15 is 0 Å². The van der Waals surface area contributed by atoms with E-state index in [4.69, 9.17) is 4.74 Å². The molecule has 0 aliphatic heterocycles. The Kier molecular flexibility index (Phi) is 3.94. The lowest BCUT2D eigenvalue weighted by Gasteiger charge is -2.04. The van der Waals surface area contributed by atoms with Gasteiger partial charge in [0.2, 0.25) is 5.88 Å². The van der Waals surface area contributed by atoms with Gasteiger partial charge in [0.05, 0.1) is 17.6 Å². The summed E-state index contributed by atoms with van der Waals surface area (Å²) in [5.74, 6) is 0.526. The molecule has 94 valence electrons. The lowest BCUT2D eigenvalue weighted by molar-refractivity contribution is 0.0960. The van der Waals surface area contributed by atoms with E-state index in [1.54, 1.807) is 13.3 Å². The molecule has 1 N–H and O–H groups in total. The zero-order valence-corrected chi connectivity index (χ0v) is 11.1. The van der Waals surface area contributed by atoms with Crippen LogP contribution in [0.2, 0.25) is 0 Å². The highest BCUT2D eigenvalue weighted by molar-refractivity contribution is 7.17. The summed E-state index contributed by atoms with van der Waals surface area (Å²) in [4.78, 5) is 17.5. The number of nitrogens with zero attached hydrogens (tertiary/aromatic N) is 1. The van der Waals surface area contributed by atoms with E-state index in [1.807, 2.05) is 31.2 Å². The highest BCUT2D eigenvalue weighted by atomic mass is 32.1. The molecule has 0 fully saturated rings. The predicted octanol–water partition coefficient (Wildman–Crippen LogP) is 2.57. The van der Waals surface area contributed by atoms with Gasteiger partial charge in [-0.05, 0) is 31.2 Å². The number of nitrogens with one attached hydrogen (secondary N) is 1. The van der Waals surface area contributed by atoms with Crippen molar-refractivity contribution in [2.45, 2.75) is 6.92 Å². The number of thiophene rings is 1. The summed E-state index contributed by atoms with van der Waals surface area (Å²) >= 11 is 1.43. The third kappa shape index (κ3) is 2.51. The first-order valence-corrected chi connectivity index (χ1v) is 6.45. The minimum atomic E-state index is -0.0448. The number of carbonyl (C=O) groups is 1. The molecule has 0 atom stereocenters. The first-order chi connectivity index (χ1) is 8.76. The van der Waals surface area contributed by atoms with Gasteiger partial charge in [-0.1, -0.05) is 0 Å². The number of carbonyl (C=O) groups excluding carboxylic acids is 1. The Balaban J connectivity index is 2.32. The standard InChI is InChI=1S/C13H14N2O2S/c1-3-14-12(16)11-7-6-10(18-11)9-5-4-8-15-13(9)17-2/h4-8H,3H2,1-2H3,(H,14,16). The van der Waals surface area contributed by atoms with Gasteiger partial charge >= 0.3 is 0 Å². The first kappa shape index (κ1) is 12.6. The third-order valence-corrected chi connectivity index (χ3v) is 3.51. The second kappa shape index (κ2) is 5.64. The number of hydrogen-bond donors (Lipinski definition) is 1. The van der Waals surface area contributed by atoms with Crippen molar-refractivity contribution in [1.29, 1.82) is 0 Å². The molecule has 2 heterocycles. The highest BCUT2D eigenvalue weighted by Crippen LogP contribution is 2.33. The number of pyridine rings is 1. The molecule has 0 radical (unpaired) electrons. The second-order valence-electron chi connectivity index (χ2n) is 3.58. The third-order valence-electron chi connectivity index (χ3n) is 2.40. The molecule has 0 spiro atoms. The monoisotopic (exact) mass is 262 g/mol. The molecule has 5 heteroatoms. The van der Waals surface area contributed by atoms with Gasteiger partial charge in [-0.15, -0.1) is 11.3 Å². The SMILES string of the molecule is CCNC(=O)c1ccc(-c2cccnc2OC)s1. The highest BCUT2D eigenvalue weighted by Gasteiger charge is 2.12. The molecule has 1 amide bonds. The Morgan fingerprint density at radius 1 is 1.44 bits per heavy atom. The van der Waals surface area contributed by atoms with Crippen molar-refractivity contribution in [1.82, 2.24) is 10.3 Å². The Bertz CT molecular complexity index is 551. The molecule has 4 nitrogen and oxygen atoms in total. The summed E-state index contributed by atoms with van der Waals surface area (Å²) in [6.45, 7) is 2.53. The van der Waals surface area contributed by atoms with Crippen molar-refractivity contribution < 1.29 is 9.53 Å². The van der Waals surface area contributed by atoms with Crippen LogP contribution in [0.5, 0.6) is 5.88 Å². The van der Waals surface area contributed by atoms with Crippen LogP contribution < -0.4 is 10.1 Å². The maximum atomic E-state index is 11.7. The average molecular weight is 262 g/mol. The van der Waals surface area contributed by atoms with Crippen LogP contribution in [-0.2, 0) is 0 Å². The van der Waals surface area contributed by atoms with Crippen LogP contribution in [0, 0.1) is 0 Å². The molecule has 0 aromatic carbocycles. The molecule has 2 rings (SSSR count). The Morgan fingerprint density at radius 3 is 3.00 bits per heavy atom. The van der Waals surface area contributed by atoms with Gasteiger partial charge in [-0.3, -0.25) is 4.79 Å². The van der Waals surface area contributed by atoms with E-state index in [1.165, 1.54) is 11.3 Å². The van der Waals surface area contributed by atoms with Crippen molar-refractivity contribution in [2.75, 3.05) is 13.7 Å². The summed E-state index contributed by atoms with van der Waals surface area (Å²) in [6.07, 6.45) is 1.68. The summed E-state index contributed by atoms with van der Waals surface area (Å²) in [6, 6.07) is 7.51. The summed E-state index contributed by atoms with van der Waals surface area (Å²) in [5.41, 5.74) is 0.903. The van der Waals surface area contributed by atoms with Crippen molar-refractivity contribution in [3.8, 4) is 16.3 Å². The van der Waals surface area contributed by atoms with Gasteiger partial charge in [0, 0.05) is 17.6 Å². The molecule has 0 bridgehead atoms.